The topological polar surface area (TPSA) is 68.7 Å². The first-order valence-electron chi connectivity index (χ1n) is 8.47. The van der Waals surface area contributed by atoms with Crippen LogP contribution in [-0.4, -0.2) is 55.2 Å². The molecule has 7 heteroatoms. The van der Waals surface area contributed by atoms with Gasteiger partial charge in [-0.1, -0.05) is 0 Å². The third-order valence-electron chi connectivity index (χ3n) is 5.38. The van der Waals surface area contributed by atoms with Crippen molar-refractivity contribution in [2.45, 2.75) is 6.92 Å². The molecular weight excluding hydrogens is 339 g/mol. The molecule has 1 aromatic carbocycles. The standard InChI is InChI=1S/C19H19FN2O4/c1-11-5-15(14-4-3-13(20)6-16(14)21-11)17(23)22-7-12-8-26-10-19(12,9-22)18(24)25-2/h3-6,12H,7-10H2,1-2H3/t12-,19-/m0/s1. The van der Waals surface area contributed by atoms with E-state index in [9.17, 15) is 14.0 Å². The molecule has 0 unspecified atom stereocenters. The number of fused-ring (bicyclic) bond motifs is 2. The second-order valence-electron chi connectivity index (χ2n) is 7.02. The molecule has 26 heavy (non-hydrogen) atoms. The zero-order chi connectivity index (χ0) is 18.5. The zero-order valence-electron chi connectivity index (χ0n) is 14.6. The van der Waals surface area contributed by atoms with Crippen LogP contribution in [0.3, 0.4) is 0 Å². The van der Waals surface area contributed by atoms with Gasteiger partial charge in [0.15, 0.2) is 0 Å². The summed E-state index contributed by atoms with van der Waals surface area (Å²) >= 11 is 0. The first-order chi connectivity index (χ1) is 12.4. The van der Waals surface area contributed by atoms with Crippen molar-refractivity contribution in [3.05, 3.63) is 41.3 Å². The lowest BCUT2D eigenvalue weighted by Gasteiger charge is -2.24. The van der Waals surface area contributed by atoms with E-state index in [1.165, 1.54) is 19.2 Å². The van der Waals surface area contributed by atoms with Crippen LogP contribution in [0.1, 0.15) is 16.1 Å². The summed E-state index contributed by atoms with van der Waals surface area (Å²) in [4.78, 5) is 31.5. The van der Waals surface area contributed by atoms with Crippen LogP contribution in [0, 0.1) is 24.1 Å². The highest BCUT2D eigenvalue weighted by atomic mass is 19.1. The highest BCUT2D eigenvalue weighted by Crippen LogP contribution is 2.43. The van der Waals surface area contributed by atoms with Crippen LogP contribution in [0.25, 0.3) is 10.9 Å². The van der Waals surface area contributed by atoms with E-state index in [0.717, 1.165) is 0 Å². The second-order valence-corrected chi connectivity index (χ2v) is 7.02. The highest BCUT2D eigenvalue weighted by molar-refractivity contribution is 6.06. The Balaban J connectivity index is 1.71. The maximum absolute atomic E-state index is 13.5. The van der Waals surface area contributed by atoms with Crippen LogP contribution in [0.2, 0.25) is 0 Å². The first kappa shape index (κ1) is 16.9. The second kappa shape index (κ2) is 6.02. The fourth-order valence-electron chi connectivity index (χ4n) is 4.06. The van der Waals surface area contributed by atoms with E-state index in [2.05, 4.69) is 4.98 Å². The average Bonchev–Trinajstić information content (AvgIpc) is 3.17. The van der Waals surface area contributed by atoms with Gasteiger partial charge in [0.2, 0.25) is 0 Å². The van der Waals surface area contributed by atoms with E-state index in [-0.39, 0.29) is 30.9 Å². The number of carbonyl (C=O) groups is 2. The molecular formula is C19H19FN2O4. The Kier molecular flexibility index (Phi) is 3.91. The van der Waals surface area contributed by atoms with Crippen molar-refractivity contribution in [3.8, 4) is 0 Å². The number of ether oxygens (including phenoxy) is 2. The van der Waals surface area contributed by atoms with Gasteiger partial charge in [0.05, 0.1) is 31.4 Å². The minimum Gasteiger partial charge on any atom is -0.468 e. The van der Waals surface area contributed by atoms with Gasteiger partial charge in [-0.3, -0.25) is 14.6 Å². The Bertz CT molecular complexity index is 911. The largest absolute Gasteiger partial charge is 0.468 e. The summed E-state index contributed by atoms with van der Waals surface area (Å²) in [6, 6.07) is 5.92. The number of likely N-dealkylation sites (tertiary alicyclic amines) is 1. The molecule has 136 valence electrons. The van der Waals surface area contributed by atoms with Crippen molar-refractivity contribution in [3.63, 3.8) is 0 Å². The molecule has 2 fully saturated rings. The number of hydrogen-bond donors (Lipinski definition) is 0. The number of benzene rings is 1. The number of nitrogens with zero attached hydrogens (tertiary/aromatic N) is 2. The van der Waals surface area contributed by atoms with E-state index in [1.54, 1.807) is 24.0 Å². The van der Waals surface area contributed by atoms with Gasteiger partial charge < -0.3 is 14.4 Å². The number of halogens is 1. The number of rotatable bonds is 2. The smallest absolute Gasteiger partial charge is 0.316 e. The van der Waals surface area contributed by atoms with Gasteiger partial charge in [-0.15, -0.1) is 0 Å². The van der Waals surface area contributed by atoms with Crippen molar-refractivity contribution in [1.29, 1.82) is 0 Å². The van der Waals surface area contributed by atoms with E-state index in [4.69, 9.17) is 9.47 Å². The normalized spacial score (nSPS) is 24.7. The van der Waals surface area contributed by atoms with Crippen LogP contribution in [0.5, 0.6) is 0 Å². The quantitative estimate of drug-likeness (QED) is 0.768. The van der Waals surface area contributed by atoms with Crippen molar-refractivity contribution in [2.75, 3.05) is 33.4 Å². The Hall–Kier alpha value is -2.54. The van der Waals surface area contributed by atoms with Crippen molar-refractivity contribution < 1.29 is 23.5 Å². The molecule has 2 aromatic rings. The molecule has 2 saturated heterocycles. The minimum atomic E-state index is -0.797. The number of amides is 1. The fourth-order valence-corrected chi connectivity index (χ4v) is 4.06. The summed E-state index contributed by atoms with van der Waals surface area (Å²) in [5.41, 5.74) is 0.748. The SMILES string of the molecule is COC(=O)[C@@]12COC[C@@H]1CN(C(=O)c1cc(C)nc3cc(F)ccc13)C2. The van der Waals surface area contributed by atoms with E-state index < -0.39 is 11.2 Å². The number of aromatic nitrogens is 1. The highest BCUT2D eigenvalue weighted by Gasteiger charge is 2.57. The molecule has 0 aliphatic carbocycles. The summed E-state index contributed by atoms with van der Waals surface area (Å²) in [6.45, 7) is 3.14. The molecule has 2 aliphatic heterocycles. The van der Waals surface area contributed by atoms with E-state index in [0.29, 0.717) is 35.3 Å². The molecule has 0 radical (unpaired) electrons. The van der Waals surface area contributed by atoms with Gasteiger partial charge in [0, 0.05) is 36.2 Å². The third kappa shape index (κ3) is 2.46. The Morgan fingerprint density at radius 3 is 2.96 bits per heavy atom. The zero-order valence-corrected chi connectivity index (χ0v) is 14.6. The maximum Gasteiger partial charge on any atom is 0.316 e. The summed E-state index contributed by atoms with van der Waals surface area (Å²) in [7, 11) is 1.35. The van der Waals surface area contributed by atoms with Crippen LogP contribution < -0.4 is 0 Å². The molecule has 0 saturated carbocycles. The van der Waals surface area contributed by atoms with E-state index in [1.807, 2.05) is 0 Å². The van der Waals surface area contributed by atoms with Crippen molar-refractivity contribution >= 4 is 22.8 Å². The third-order valence-corrected chi connectivity index (χ3v) is 5.38. The Morgan fingerprint density at radius 2 is 2.19 bits per heavy atom. The fraction of sp³-hybridized carbons (Fsp3) is 0.421. The number of aryl methyl sites for hydroxylation is 1. The molecule has 0 N–H and O–H groups in total. The molecule has 4 rings (SSSR count). The minimum absolute atomic E-state index is 0.0782. The van der Waals surface area contributed by atoms with Crippen LogP contribution in [0.15, 0.2) is 24.3 Å². The molecule has 0 bridgehead atoms. The number of carbonyl (C=O) groups excluding carboxylic acids is 2. The molecule has 0 spiro atoms. The van der Waals surface area contributed by atoms with Gasteiger partial charge in [-0.25, -0.2) is 4.39 Å². The lowest BCUT2D eigenvalue weighted by Crippen LogP contribution is -2.41. The Morgan fingerprint density at radius 1 is 1.38 bits per heavy atom. The number of esters is 1. The van der Waals surface area contributed by atoms with Gasteiger partial charge >= 0.3 is 5.97 Å². The number of pyridine rings is 1. The predicted octanol–water partition coefficient (Wildman–Crippen LogP) is 1.94. The van der Waals surface area contributed by atoms with Gasteiger partial charge in [0.1, 0.15) is 11.2 Å². The van der Waals surface area contributed by atoms with Crippen molar-refractivity contribution in [2.24, 2.45) is 11.3 Å². The number of methoxy groups -OCH3 is 1. The molecule has 2 aliphatic rings. The summed E-state index contributed by atoms with van der Waals surface area (Å²) in [5.74, 6) is -1.00. The molecule has 1 amide bonds. The van der Waals surface area contributed by atoms with Crippen LogP contribution in [-0.2, 0) is 14.3 Å². The van der Waals surface area contributed by atoms with E-state index >= 15 is 0 Å². The van der Waals surface area contributed by atoms with Crippen LogP contribution >= 0.6 is 0 Å². The molecule has 3 heterocycles. The van der Waals surface area contributed by atoms with Crippen molar-refractivity contribution in [1.82, 2.24) is 9.88 Å². The maximum atomic E-state index is 13.5. The molecule has 2 atom stereocenters. The summed E-state index contributed by atoms with van der Waals surface area (Å²) in [5, 5.41) is 0.599. The van der Waals surface area contributed by atoms with Gasteiger partial charge in [-0.2, -0.15) is 0 Å². The first-order valence-corrected chi connectivity index (χ1v) is 8.47. The number of hydrogen-bond acceptors (Lipinski definition) is 5. The molecule has 1 aromatic heterocycles. The lowest BCUT2D eigenvalue weighted by atomic mass is 9.81. The van der Waals surface area contributed by atoms with Gasteiger partial charge in [0.25, 0.3) is 5.91 Å². The average molecular weight is 358 g/mol. The van der Waals surface area contributed by atoms with Crippen LogP contribution in [0.4, 0.5) is 4.39 Å². The predicted molar refractivity (Wildman–Crippen MR) is 91.1 cm³/mol. The van der Waals surface area contributed by atoms with Gasteiger partial charge in [-0.05, 0) is 25.1 Å². The lowest BCUT2D eigenvalue weighted by molar-refractivity contribution is -0.153. The Labute approximate surface area is 149 Å². The summed E-state index contributed by atoms with van der Waals surface area (Å²) < 4.78 is 24.0. The monoisotopic (exact) mass is 358 g/mol. The summed E-state index contributed by atoms with van der Waals surface area (Å²) in [6.07, 6.45) is 0. The molecule has 6 nitrogen and oxygen atoms in total.